The maximum Gasteiger partial charge on any atom is 0.0162 e. The predicted molar refractivity (Wildman–Crippen MR) is 32.8 cm³/mol. The molecule has 0 amide bonds. The summed E-state index contributed by atoms with van der Waals surface area (Å²) in [4.78, 5) is 0. The molecule has 0 aromatic rings. The number of hydrogen-bond acceptors (Lipinski definition) is 1. The van der Waals surface area contributed by atoms with Gasteiger partial charge in [0.15, 0.2) is 0 Å². The van der Waals surface area contributed by atoms with Crippen LogP contribution in [0, 0.1) is 7.05 Å². The minimum absolute atomic E-state index is 0.899. The average molecular weight is 98.2 g/mol. The number of nitrogens with one attached hydrogen (secondary N) is 1. The molecule has 41 valence electrons. The Bertz CT molecular complexity index is 64.6. The maximum absolute atomic E-state index is 3.48. The molecule has 0 fully saturated rings. The van der Waals surface area contributed by atoms with Crippen molar-refractivity contribution >= 4 is 0 Å². The molecular weight excluding hydrogens is 86.1 g/mol. The molecule has 0 saturated carbocycles. The second-order valence-corrected chi connectivity index (χ2v) is 1.56. The second kappa shape index (κ2) is 3.88. The zero-order valence-corrected chi connectivity index (χ0v) is 4.99. The van der Waals surface area contributed by atoms with Crippen LogP contribution in [0.3, 0.4) is 0 Å². The summed E-state index contributed by atoms with van der Waals surface area (Å²) in [6.07, 6.45) is 2.07. The lowest BCUT2D eigenvalue weighted by Crippen LogP contribution is -2.04. The lowest BCUT2D eigenvalue weighted by Gasteiger charge is -1.93. The molecule has 1 N–H and O–H groups in total. The van der Waals surface area contributed by atoms with Crippen LogP contribution >= 0.6 is 0 Å². The molecule has 1 radical (unpaired) electrons. The summed E-state index contributed by atoms with van der Waals surface area (Å²) < 4.78 is 0. The fraction of sp³-hybridized carbons (Fsp3) is 0.500. The van der Waals surface area contributed by atoms with Crippen molar-refractivity contribution in [2.24, 2.45) is 0 Å². The Morgan fingerprint density at radius 2 is 2.43 bits per heavy atom. The highest BCUT2D eigenvalue weighted by Gasteiger charge is 1.78. The largest absolute Gasteiger partial charge is 0.312 e. The van der Waals surface area contributed by atoms with Crippen molar-refractivity contribution in [1.82, 2.24) is 5.32 Å². The van der Waals surface area contributed by atoms with E-state index < -0.39 is 0 Å². The van der Waals surface area contributed by atoms with Crippen molar-refractivity contribution in [2.45, 2.75) is 13.8 Å². The van der Waals surface area contributed by atoms with Crippen LogP contribution in [0.4, 0.5) is 0 Å². The maximum atomic E-state index is 3.48. The van der Waals surface area contributed by atoms with Gasteiger partial charge in [0, 0.05) is 13.6 Å². The van der Waals surface area contributed by atoms with Crippen LogP contribution in [0.5, 0.6) is 0 Å². The van der Waals surface area contributed by atoms with Crippen LogP contribution in [-0.4, -0.2) is 6.54 Å². The van der Waals surface area contributed by atoms with Crippen LogP contribution < -0.4 is 5.32 Å². The monoisotopic (exact) mass is 98.1 g/mol. The first-order chi connectivity index (χ1) is 3.31. The molecule has 0 atom stereocenters. The van der Waals surface area contributed by atoms with Crippen LogP contribution in [0.1, 0.15) is 13.8 Å². The molecule has 0 aliphatic rings. The Balaban J connectivity index is 3.17. The first-order valence-corrected chi connectivity index (χ1v) is 2.43. The lowest BCUT2D eigenvalue weighted by molar-refractivity contribution is 0.930. The quantitative estimate of drug-likeness (QED) is 0.514. The third kappa shape index (κ3) is 3.53. The highest BCUT2D eigenvalue weighted by atomic mass is 14.8. The zero-order valence-electron chi connectivity index (χ0n) is 4.99. The van der Waals surface area contributed by atoms with E-state index in [0.717, 1.165) is 6.54 Å². The van der Waals surface area contributed by atoms with Crippen molar-refractivity contribution in [3.63, 3.8) is 0 Å². The third-order valence-corrected chi connectivity index (χ3v) is 0.897. The molecule has 1 nitrogen and oxygen atoms in total. The number of rotatable bonds is 2. The summed E-state index contributed by atoms with van der Waals surface area (Å²) in [6, 6.07) is 0. The highest BCUT2D eigenvalue weighted by Crippen LogP contribution is 1.85. The molecule has 0 rings (SSSR count). The molecule has 0 aromatic heterocycles. The van der Waals surface area contributed by atoms with Gasteiger partial charge in [0.05, 0.1) is 0 Å². The molecule has 1 heteroatoms. The third-order valence-electron chi connectivity index (χ3n) is 0.897. The second-order valence-electron chi connectivity index (χ2n) is 1.56. The SMILES string of the molecule is [CH2]NC/C(C)=C/C. The van der Waals surface area contributed by atoms with E-state index in [-0.39, 0.29) is 0 Å². The summed E-state index contributed by atoms with van der Waals surface area (Å²) in [6.45, 7) is 4.99. The van der Waals surface area contributed by atoms with Crippen LogP contribution in [0.2, 0.25) is 0 Å². The number of hydrogen-bond donors (Lipinski definition) is 1. The fourth-order valence-electron chi connectivity index (χ4n) is 0.299. The van der Waals surface area contributed by atoms with Gasteiger partial charge in [-0.05, 0) is 13.8 Å². The van der Waals surface area contributed by atoms with E-state index in [1.54, 1.807) is 0 Å². The smallest absolute Gasteiger partial charge is 0.0162 e. The van der Waals surface area contributed by atoms with Gasteiger partial charge in [-0.3, -0.25) is 0 Å². The Morgan fingerprint density at radius 1 is 1.86 bits per heavy atom. The minimum Gasteiger partial charge on any atom is -0.312 e. The van der Waals surface area contributed by atoms with Crippen LogP contribution in [-0.2, 0) is 0 Å². The molecule has 0 aromatic carbocycles. The van der Waals surface area contributed by atoms with Gasteiger partial charge in [0.2, 0.25) is 0 Å². The molecule has 0 aliphatic carbocycles. The summed E-state index contributed by atoms with van der Waals surface area (Å²) in [5, 5.41) is 2.80. The van der Waals surface area contributed by atoms with E-state index in [4.69, 9.17) is 0 Å². The van der Waals surface area contributed by atoms with Crippen LogP contribution in [0.15, 0.2) is 11.6 Å². The molecule has 0 heterocycles. The van der Waals surface area contributed by atoms with E-state index in [9.17, 15) is 0 Å². The normalized spacial score (nSPS) is 12.1. The average Bonchev–Trinajstić information content (AvgIpc) is 1.68. The Labute approximate surface area is 45.4 Å². The van der Waals surface area contributed by atoms with Gasteiger partial charge in [-0.15, -0.1) is 0 Å². The first kappa shape index (κ1) is 6.70. The molecule has 0 spiro atoms. The standard InChI is InChI=1S/C6H12N/c1-4-6(2)5-7-3/h4,7H,3,5H2,1-2H3/b6-4+. The molecule has 0 unspecified atom stereocenters. The molecule has 0 bridgehead atoms. The molecule has 0 aliphatic heterocycles. The Morgan fingerprint density at radius 3 is 2.57 bits per heavy atom. The summed E-state index contributed by atoms with van der Waals surface area (Å²) in [5.41, 5.74) is 1.33. The van der Waals surface area contributed by atoms with Gasteiger partial charge in [0.1, 0.15) is 0 Å². The van der Waals surface area contributed by atoms with E-state index in [1.165, 1.54) is 5.57 Å². The van der Waals surface area contributed by atoms with Gasteiger partial charge >= 0.3 is 0 Å². The molecule has 7 heavy (non-hydrogen) atoms. The molecule has 0 saturated heterocycles. The van der Waals surface area contributed by atoms with Gasteiger partial charge in [0.25, 0.3) is 0 Å². The van der Waals surface area contributed by atoms with Gasteiger partial charge in [-0.1, -0.05) is 11.6 Å². The summed E-state index contributed by atoms with van der Waals surface area (Å²) in [5.74, 6) is 0. The summed E-state index contributed by atoms with van der Waals surface area (Å²) in [7, 11) is 3.48. The Kier molecular flexibility index (Phi) is 3.71. The van der Waals surface area contributed by atoms with E-state index >= 15 is 0 Å². The van der Waals surface area contributed by atoms with Gasteiger partial charge < -0.3 is 5.32 Å². The van der Waals surface area contributed by atoms with E-state index in [1.807, 2.05) is 6.92 Å². The van der Waals surface area contributed by atoms with Crippen molar-refractivity contribution in [2.75, 3.05) is 6.54 Å². The van der Waals surface area contributed by atoms with E-state index in [0.29, 0.717) is 0 Å². The topological polar surface area (TPSA) is 12.0 Å². The minimum atomic E-state index is 0.899. The lowest BCUT2D eigenvalue weighted by atomic mass is 10.3. The van der Waals surface area contributed by atoms with Crippen molar-refractivity contribution in [1.29, 1.82) is 0 Å². The zero-order chi connectivity index (χ0) is 5.70. The number of allylic oxidation sites excluding steroid dienone is 1. The van der Waals surface area contributed by atoms with Gasteiger partial charge in [-0.25, -0.2) is 0 Å². The van der Waals surface area contributed by atoms with Crippen molar-refractivity contribution in [3.05, 3.63) is 18.7 Å². The predicted octanol–water partition coefficient (Wildman–Crippen LogP) is 1.33. The fourth-order valence-corrected chi connectivity index (χ4v) is 0.299. The molecular formula is C6H12N. The van der Waals surface area contributed by atoms with Crippen molar-refractivity contribution < 1.29 is 0 Å². The summed E-state index contributed by atoms with van der Waals surface area (Å²) >= 11 is 0. The van der Waals surface area contributed by atoms with E-state index in [2.05, 4.69) is 25.4 Å². The van der Waals surface area contributed by atoms with Crippen molar-refractivity contribution in [3.8, 4) is 0 Å². The highest BCUT2D eigenvalue weighted by molar-refractivity contribution is 4.97. The van der Waals surface area contributed by atoms with Gasteiger partial charge in [-0.2, -0.15) is 0 Å². The van der Waals surface area contributed by atoms with Crippen LogP contribution in [0.25, 0.3) is 0 Å². The Hall–Kier alpha value is -0.300. The first-order valence-electron chi connectivity index (χ1n) is 2.43.